The minimum absolute atomic E-state index is 0.184. The third kappa shape index (κ3) is 23.8. The summed E-state index contributed by atoms with van der Waals surface area (Å²) in [7, 11) is 0. The molecule has 2 saturated carbocycles. The van der Waals surface area contributed by atoms with Crippen molar-refractivity contribution < 1.29 is 48.6 Å². The van der Waals surface area contributed by atoms with Gasteiger partial charge < -0.3 is 48.3 Å². The number of hydrogen-bond donors (Lipinski definition) is 9. The van der Waals surface area contributed by atoms with E-state index in [0.29, 0.717) is 25.7 Å². The molecule has 0 spiro atoms. The third-order valence-electron chi connectivity index (χ3n) is 13.5. The molecule has 11 N–H and O–H groups in total. The number of aliphatic hydroxyl groups excluding tert-OH is 1. The van der Waals surface area contributed by atoms with Gasteiger partial charge in [-0.25, -0.2) is 4.79 Å². The van der Waals surface area contributed by atoms with Crippen LogP contribution in [0.2, 0.25) is 0 Å². The van der Waals surface area contributed by atoms with Gasteiger partial charge in [0, 0.05) is 19.3 Å². The topological polar surface area (TPSA) is 289 Å². The normalized spacial score (nSPS) is 17.0. The van der Waals surface area contributed by atoms with Crippen LogP contribution in [0.4, 0.5) is 0 Å². The van der Waals surface area contributed by atoms with Crippen molar-refractivity contribution in [2.75, 3.05) is 0 Å². The predicted octanol–water partition coefficient (Wildman–Crippen LogP) is 4.88. The zero-order valence-corrected chi connectivity index (χ0v) is 40.6. The Hall–Kier alpha value is -5.06. The highest BCUT2D eigenvalue weighted by molar-refractivity contribution is 5.95. The van der Waals surface area contributed by atoms with Crippen LogP contribution in [-0.4, -0.2) is 93.8 Å². The lowest BCUT2D eigenvalue weighted by atomic mass is 9.84. The van der Waals surface area contributed by atoms with Crippen molar-refractivity contribution in [1.29, 1.82) is 0 Å². The number of hydrogen-bond acceptors (Lipinski definition) is 9. The van der Waals surface area contributed by atoms with Crippen molar-refractivity contribution in [2.24, 2.45) is 23.3 Å². The van der Waals surface area contributed by atoms with Crippen LogP contribution in [0.3, 0.4) is 0 Å². The first-order valence-corrected chi connectivity index (χ1v) is 25.6. The summed E-state index contributed by atoms with van der Waals surface area (Å²) in [5.74, 6) is -4.85. The maximum absolute atomic E-state index is 13.6. The van der Waals surface area contributed by atoms with E-state index in [-0.39, 0.29) is 42.9 Å². The fraction of sp³-hybridized carbons (Fsp3) is 0.725. The van der Waals surface area contributed by atoms with Crippen LogP contribution in [0.25, 0.3) is 0 Å². The lowest BCUT2D eigenvalue weighted by molar-refractivity contribution is -0.143. The van der Waals surface area contributed by atoms with Crippen molar-refractivity contribution in [1.82, 2.24) is 26.6 Å². The van der Waals surface area contributed by atoms with Gasteiger partial charge in [0.15, 0.2) is 0 Å². The van der Waals surface area contributed by atoms with Crippen molar-refractivity contribution in [3.63, 3.8) is 0 Å². The average Bonchev–Trinajstić information content (AvgIpc) is 3.30. The van der Waals surface area contributed by atoms with Gasteiger partial charge in [-0.05, 0) is 50.0 Å². The van der Waals surface area contributed by atoms with Crippen LogP contribution in [0.5, 0.6) is 0 Å². The molecule has 7 amide bonds. The van der Waals surface area contributed by atoms with E-state index in [4.69, 9.17) is 11.5 Å². The van der Waals surface area contributed by atoms with Gasteiger partial charge >= 0.3 is 5.97 Å². The molecule has 2 aliphatic rings. The van der Waals surface area contributed by atoms with Crippen molar-refractivity contribution in [3.05, 3.63) is 35.9 Å². The van der Waals surface area contributed by atoms with Gasteiger partial charge in [0.25, 0.3) is 0 Å². The molecule has 0 bridgehead atoms. The fourth-order valence-corrected chi connectivity index (χ4v) is 9.51. The van der Waals surface area contributed by atoms with Gasteiger partial charge in [0.1, 0.15) is 30.2 Å². The summed E-state index contributed by atoms with van der Waals surface area (Å²) in [4.78, 5) is 102. The second-order valence-corrected chi connectivity index (χ2v) is 19.4. The van der Waals surface area contributed by atoms with Gasteiger partial charge in [-0.1, -0.05) is 159 Å². The molecule has 382 valence electrons. The number of carbonyl (C=O) groups excluding carboxylic acids is 7. The quantitative estimate of drug-likeness (QED) is 0.0422. The highest BCUT2D eigenvalue weighted by Crippen LogP contribution is 2.29. The number of primary amides is 2. The first-order valence-electron chi connectivity index (χ1n) is 25.6. The molecule has 0 heterocycles. The fourth-order valence-electron chi connectivity index (χ4n) is 9.51. The smallest absolute Gasteiger partial charge is 0.326 e. The molecular formula is C51H83N7O10. The number of amides is 7. The Kier molecular flexibility index (Phi) is 27.5. The summed E-state index contributed by atoms with van der Waals surface area (Å²) in [5, 5.41) is 33.5. The molecule has 1 aromatic rings. The monoisotopic (exact) mass is 954 g/mol. The van der Waals surface area contributed by atoms with Crippen LogP contribution < -0.4 is 38.1 Å². The summed E-state index contributed by atoms with van der Waals surface area (Å²) < 4.78 is 0. The largest absolute Gasteiger partial charge is 0.480 e. The van der Waals surface area contributed by atoms with Crippen molar-refractivity contribution in [2.45, 2.75) is 223 Å². The Morgan fingerprint density at radius 2 is 0.971 bits per heavy atom. The van der Waals surface area contributed by atoms with Crippen LogP contribution in [0.1, 0.15) is 186 Å². The van der Waals surface area contributed by atoms with E-state index >= 15 is 0 Å². The molecule has 1 aromatic carbocycles. The van der Waals surface area contributed by atoms with Crippen molar-refractivity contribution in [3.8, 4) is 0 Å². The summed E-state index contributed by atoms with van der Waals surface area (Å²) in [6, 6.07) is 3.65. The minimum atomic E-state index is -1.26. The van der Waals surface area contributed by atoms with Crippen LogP contribution in [-0.2, 0) is 44.8 Å². The van der Waals surface area contributed by atoms with Crippen molar-refractivity contribution >= 4 is 47.3 Å². The average molecular weight is 954 g/mol. The van der Waals surface area contributed by atoms with Gasteiger partial charge in [-0.3, -0.25) is 33.6 Å². The number of carboxylic acid groups (broad SMARTS) is 1. The predicted molar refractivity (Wildman–Crippen MR) is 259 cm³/mol. The maximum Gasteiger partial charge on any atom is 0.326 e. The Morgan fingerprint density at radius 1 is 0.544 bits per heavy atom. The first kappa shape index (κ1) is 57.3. The molecule has 0 aromatic heterocycles. The van der Waals surface area contributed by atoms with E-state index in [9.17, 15) is 48.6 Å². The first-order chi connectivity index (χ1) is 32.6. The number of unbranched alkanes of at least 4 members (excludes halogenated alkanes) is 11. The third-order valence-corrected chi connectivity index (χ3v) is 13.5. The lowest BCUT2D eigenvalue weighted by Gasteiger charge is -2.29. The number of rotatable bonds is 34. The second kappa shape index (κ2) is 32.6. The molecule has 0 radical (unpaired) electrons. The van der Waals surface area contributed by atoms with E-state index < -0.39 is 78.2 Å². The van der Waals surface area contributed by atoms with Crippen LogP contribution in [0.15, 0.2) is 30.3 Å². The number of benzene rings is 1. The number of nitrogens with two attached hydrogens (primary N) is 2. The Bertz CT molecular complexity index is 1720. The molecule has 2 fully saturated rings. The Morgan fingerprint density at radius 3 is 1.43 bits per heavy atom. The standard InChI is InChI=1S/C51H83N7O10/c1-35(59)46(50(66)56-40(32-37-25-17-13-18-26-37)48(64)55-39(47(53)63)31-36-23-15-12-16-24-36)58-45(62)30-22-11-9-7-5-3-2-4-6-8-10-21-29-44(61)54-41(34-43(52)60)49(65)57-42(51(67)68)33-38-27-19-14-20-28-38/h12,15-16,23-24,35,37-42,46,59H,2-11,13-14,17-22,25-34H2,1H3,(H2,52,60)(H2,53,63)(H,54,61)(H,55,64)(H,56,66)(H,57,65)(H,58,62)(H,67,68)/t35?,39-,40-,41-,42-,46-/m0/s1. The molecule has 68 heavy (non-hydrogen) atoms. The molecule has 0 saturated heterocycles. The van der Waals surface area contributed by atoms with E-state index in [1.807, 2.05) is 30.3 Å². The van der Waals surface area contributed by atoms with E-state index in [1.165, 1.54) is 6.92 Å². The maximum atomic E-state index is 13.6. The Labute approximate surface area is 403 Å². The molecule has 17 nitrogen and oxygen atoms in total. The zero-order chi connectivity index (χ0) is 49.7. The highest BCUT2D eigenvalue weighted by atomic mass is 16.4. The molecule has 2 aliphatic carbocycles. The van der Waals surface area contributed by atoms with E-state index in [0.717, 1.165) is 134 Å². The SMILES string of the molecule is CC(O)[C@H](NC(=O)CCCCCCCCCCCCCCC(=O)N[C@@H](CC(N)=O)C(=O)N[C@@H](CC1CCCCC1)C(=O)O)C(=O)N[C@@H](CC1CCCCC1)C(=O)N[C@@H](Cc1ccccc1)C(N)=O. The van der Waals surface area contributed by atoms with Crippen LogP contribution >= 0.6 is 0 Å². The van der Waals surface area contributed by atoms with E-state index in [1.54, 1.807) is 0 Å². The number of carboxylic acids is 1. The summed E-state index contributed by atoms with van der Waals surface area (Å²) >= 11 is 0. The molecule has 1 unspecified atom stereocenters. The molecule has 3 rings (SSSR count). The summed E-state index contributed by atoms with van der Waals surface area (Å²) in [5.41, 5.74) is 11.8. The zero-order valence-electron chi connectivity index (χ0n) is 40.6. The number of aliphatic carboxylic acids is 1. The molecule has 6 atom stereocenters. The highest BCUT2D eigenvalue weighted by Gasteiger charge is 2.34. The van der Waals surface area contributed by atoms with Crippen LogP contribution in [0, 0.1) is 11.8 Å². The Balaban J connectivity index is 1.28. The van der Waals surface area contributed by atoms with Gasteiger partial charge in [0.2, 0.25) is 41.4 Å². The lowest BCUT2D eigenvalue weighted by Crippen LogP contribution is -2.59. The number of carbonyl (C=O) groups is 8. The molecule has 0 aliphatic heterocycles. The van der Waals surface area contributed by atoms with E-state index in [2.05, 4.69) is 26.6 Å². The molecule has 17 heteroatoms. The second-order valence-electron chi connectivity index (χ2n) is 19.4. The number of aliphatic hydroxyl groups is 1. The molecular weight excluding hydrogens is 871 g/mol. The number of nitrogens with one attached hydrogen (secondary N) is 5. The summed E-state index contributed by atoms with van der Waals surface area (Å²) in [6.07, 6.45) is 20.9. The van der Waals surface area contributed by atoms with Gasteiger partial charge in [-0.2, -0.15) is 0 Å². The minimum Gasteiger partial charge on any atom is -0.480 e. The van der Waals surface area contributed by atoms with Gasteiger partial charge in [-0.15, -0.1) is 0 Å². The van der Waals surface area contributed by atoms with Gasteiger partial charge in [0.05, 0.1) is 12.5 Å². The summed E-state index contributed by atoms with van der Waals surface area (Å²) in [6.45, 7) is 1.42.